The van der Waals surface area contributed by atoms with E-state index < -0.39 is 0 Å². The Morgan fingerprint density at radius 3 is 3.07 bits per heavy atom. The van der Waals surface area contributed by atoms with Gasteiger partial charge in [0.1, 0.15) is 0 Å². The molecule has 1 heterocycles. The van der Waals surface area contributed by atoms with Crippen LogP contribution in [0.25, 0.3) is 0 Å². The van der Waals surface area contributed by atoms with Crippen molar-refractivity contribution in [3.63, 3.8) is 0 Å². The molecule has 2 unspecified atom stereocenters. The summed E-state index contributed by atoms with van der Waals surface area (Å²) in [5.74, 6) is 0. The molecular weight excluding hydrogens is 180 g/mol. The molecule has 0 aromatic heterocycles. The summed E-state index contributed by atoms with van der Waals surface area (Å²) < 4.78 is 5.56. The summed E-state index contributed by atoms with van der Waals surface area (Å²) in [6.07, 6.45) is 1.86. The Hall–Kier alpha value is -0.160. The molecule has 1 aliphatic rings. The highest BCUT2D eigenvalue weighted by Gasteiger charge is 2.18. The molecule has 14 heavy (non-hydrogen) atoms. The van der Waals surface area contributed by atoms with Crippen molar-refractivity contribution in [3.05, 3.63) is 0 Å². The van der Waals surface area contributed by atoms with E-state index in [1.165, 1.54) is 0 Å². The number of aliphatic hydroxyl groups is 1. The molecule has 0 bridgehead atoms. The van der Waals surface area contributed by atoms with E-state index in [4.69, 9.17) is 10.5 Å². The fourth-order valence-corrected chi connectivity index (χ4v) is 1.68. The van der Waals surface area contributed by atoms with Crippen molar-refractivity contribution in [3.8, 4) is 0 Å². The van der Waals surface area contributed by atoms with Gasteiger partial charge in [0.25, 0.3) is 0 Å². The lowest BCUT2D eigenvalue weighted by molar-refractivity contribution is -0.0327. The van der Waals surface area contributed by atoms with Crippen molar-refractivity contribution < 1.29 is 9.84 Å². The number of nitrogens with zero attached hydrogens (tertiary/aromatic N) is 1. The number of hydrogen-bond acceptors (Lipinski definition) is 4. The van der Waals surface area contributed by atoms with E-state index in [1.54, 1.807) is 0 Å². The molecule has 1 fully saturated rings. The minimum Gasteiger partial charge on any atom is -0.392 e. The third-order valence-electron chi connectivity index (χ3n) is 2.73. The van der Waals surface area contributed by atoms with Gasteiger partial charge in [-0.1, -0.05) is 6.92 Å². The molecule has 4 nitrogen and oxygen atoms in total. The topological polar surface area (TPSA) is 58.7 Å². The molecule has 0 aliphatic carbocycles. The van der Waals surface area contributed by atoms with Crippen LogP contribution in [0.4, 0.5) is 0 Å². The first-order chi connectivity index (χ1) is 6.76. The maximum Gasteiger partial charge on any atom is 0.0700 e. The van der Waals surface area contributed by atoms with Crippen molar-refractivity contribution in [1.82, 2.24) is 4.90 Å². The van der Waals surface area contributed by atoms with Gasteiger partial charge in [-0.25, -0.2) is 0 Å². The third-order valence-corrected chi connectivity index (χ3v) is 2.73. The van der Waals surface area contributed by atoms with Gasteiger partial charge in [-0.15, -0.1) is 0 Å². The summed E-state index contributed by atoms with van der Waals surface area (Å²) in [6, 6.07) is 0. The van der Waals surface area contributed by atoms with Crippen LogP contribution in [0.1, 0.15) is 19.8 Å². The Kier molecular flexibility index (Phi) is 5.40. The highest BCUT2D eigenvalue weighted by atomic mass is 16.5. The second kappa shape index (κ2) is 6.35. The number of rotatable bonds is 5. The smallest absolute Gasteiger partial charge is 0.0700 e. The summed E-state index contributed by atoms with van der Waals surface area (Å²) in [5, 5.41) is 9.33. The van der Waals surface area contributed by atoms with Crippen molar-refractivity contribution in [2.24, 2.45) is 5.73 Å². The van der Waals surface area contributed by atoms with Crippen LogP contribution < -0.4 is 5.73 Å². The number of aliphatic hydroxyl groups excluding tert-OH is 1. The first-order valence-corrected chi connectivity index (χ1v) is 5.48. The van der Waals surface area contributed by atoms with E-state index in [0.29, 0.717) is 12.6 Å². The highest BCUT2D eigenvalue weighted by molar-refractivity contribution is 4.71. The van der Waals surface area contributed by atoms with Crippen LogP contribution in [0.15, 0.2) is 0 Å². The van der Waals surface area contributed by atoms with Crippen LogP contribution in [-0.2, 0) is 4.74 Å². The van der Waals surface area contributed by atoms with Gasteiger partial charge in [-0.2, -0.15) is 0 Å². The van der Waals surface area contributed by atoms with Gasteiger partial charge in [-0.3, -0.25) is 4.90 Å². The minimum absolute atomic E-state index is 0.349. The Labute approximate surface area is 86.0 Å². The Morgan fingerprint density at radius 1 is 1.64 bits per heavy atom. The molecule has 2 atom stereocenters. The lowest BCUT2D eigenvalue weighted by Gasteiger charge is -2.32. The maximum absolute atomic E-state index is 9.33. The quantitative estimate of drug-likeness (QED) is 0.648. The molecule has 1 aliphatic heterocycles. The van der Waals surface area contributed by atoms with Gasteiger partial charge >= 0.3 is 0 Å². The molecular formula is C10H22N2O2. The molecule has 4 heteroatoms. The SMILES string of the molecule is CCC1CN(CCC(O)CN)CCO1. The normalized spacial score (nSPS) is 26.4. The summed E-state index contributed by atoms with van der Waals surface area (Å²) in [6.45, 7) is 6.22. The fourth-order valence-electron chi connectivity index (χ4n) is 1.68. The van der Waals surface area contributed by atoms with Gasteiger partial charge < -0.3 is 15.6 Å². The van der Waals surface area contributed by atoms with Gasteiger partial charge in [0.15, 0.2) is 0 Å². The lowest BCUT2D eigenvalue weighted by atomic mass is 10.2. The van der Waals surface area contributed by atoms with E-state index >= 15 is 0 Å². The summed E-state index contributed by atoms with van der Waals surface area (Å²) >= 11 is 0. The van der Waals surface area contributed by atoms with Crippen molar-refractivity contribution in [2.75, 3.05) is 32.8 Å². The summed E-state index contributed by atoms with van der Waals surface area (Å²) in [4.78, 5) is 2.34. The van der Waals surface area contributed by atoms with E-state index in [2.05, 4.69) is 11.8 Å². The predicted octanol–water partition coefficient (Wildman–Crippen LogP) is -0.193. The first kappa shape index (κ1) is 11.9. The summed E-state index contributed by atoms with van der Waals surface area (Å²) in [7, 11) is 0. The number of ether oxygens (including phenoxy) is 1. The molecule has 1 saturated heterocycles. The number of nitrogens with two attached hydrogens (primary N) is 1. The zero-order valence-corrected chi connectivity index (χ0v) is 8.98. The van der Waals surface area contributed by atoms with Gasteiger partial charge in [0.05, 0.1) is 18.8 Å². The van der Waals surface area contributed by atoms with Crippen molar-refractivity contribution in [2.45, 2.75) is 32.0 Å². The average molecular weight is 202 g/mol. The zero-order chi connectivity index (χ0) is 10.4. The fraction of sp³-hybridized carbons (Fsp3) is 1.00. The molecule has 84 valence electrons. The summed E-state index contributed by atoms with van der Waals surface area (Å²) in [5.41, 5.74) is 5.35. The van der Waals surface area contributed by atoms with Gasteiger partial charge in [-0.05, 0) is 12.8 Å². The third kappa shape index (κ3) is 3.92. The lowest BCUT2D eigenvalue weighted by Crippen LogP contribution is -2.43. The molecule has 1 rings (SSSR count). The number of hydrogen-bond donors (Lipinski definition) is 2. The second-order valence-corrected chi connectivity index (χ2v) is 3.88. The Bertz CT molecular complexity index is 155. The largest absolute Gasteiger partial charge is 0.392 e. The van der Waals surface area contributed by atoms with Crippen LogP contribution in [0.3, 0.4) is 0 Å². The van der Waals surface area contributed by atoms with Gasteiger partial charge in [0, 0.05) is 26.2 Å². The Balaban J connectivity index is 2.17. The Morgan fingerprint density at radius 2 is 2.43 bits per heavy atom. The van der Waals surface area contributed by atoms with Crippen molar-refractivity contribution in [1.29, 1.82) is 0 Å². The van der Waals surface area contributed by atoms with Crippen LogP contribution in [0.2, 0.25) is 0 Å². The molecule has 0 aromatic carbocycles. The van der Waals surface area contributed by atoms with Crippen LogP contribution in [0, 0.1) is 0 Å². The minimum atomic E-state index is -0.349. The zero-order valence-electron chi connectivity index (χ0n) is 8.98. The van der Waals surface area contributed by atoms with Crippen LogP contribution >= 0.6 is 0 Å². The standard InChI is InChI=1S/C10H22N2O2/c1-2-10-8-12(5-6-14-10)4-3-9(13)7-11/h9-10,13H,2-8,11H2,1H3. The van der Waals surface area contributed by atoms with Crippen LogP contribution in [0.5, 0.6) is 0 Å². The van der Waals surface area contributed by atoms with E-state index in [1.807, 2.05) is 0 Å². The second-order valence-electron chi connectivity index (χ2n) is 3.88. The highest BCUT2D eigenvalue weighted by Crippen LogP contribution is 2.08. The monoisotopic (exact) mass is 202 g/mol. The molecule has 0 saturated carbocycles. The van der Waals surface area contributed by atoms with Crippen LogP contribution in [-0.4, -0.2) is 55.0 Å². The van der Waals surface area contributed by atoms with Gasteiger partial charge in [0.2, 0.25) is 0 Å². The maximum atomic E-state index is 9.33. The first-order valence-electron chi connectivity index (χ1n) is 5.48. The van der Waals surface area contributed by atoms with E-state index in [0.717, 1.165) is 39.1 Å². The molecule has 0 spiro atoms. The molecule has 0 aromatic rings. The average Bonchev–Trinajstić information content (AvgIpc) is 2.26. The van der Waals surface area contributed by atoms with E-state index in [-0.39, 0.29) is 6.10 Å². The molecule has 0 radical (unpaired) electrons. The number of morpholine rings is 1. The molecule has 0 amide bonds. The van der Waals surface area contributed by atoms with Crippen molar-refractivity contribution >= 4 is 0 Å². The molecule has 3 N–H and O–H groups in total. The van der Waals surface area contributed by atoms with E-state index in [9.17, 15) is 5.11 Å². The predicted molar refractivity (Wildman–Crippen MR) is 56.1 cm³/mol.